The number of nitrogens with zero attached hydrogens (tertiary/aromatic N) is 4. The largest absolute Gasteiger partial charge is 0.472 e. The van der Waals surface area contributed by atoms with Crippen LogP contribution >= 0.6 is 0 Å². The Labute approximate surface area is 213 Å². The second-order valence-electron chi connectivity index (χ2n) is 9.68. The smallest absolute Gasteiger partial charge is 0.259 e. The number of hydrogen-bond acceptors (Lipinski definition) is 6. The number of carbonyl (C=O) groups is 2. The van der Waals surface area contributed by atoms with Crippen LogP contribution in [0.1, 0.15) is 35.3 Å². The fraction of sp³-hybridized carbons (Fsp3) is 0.464. The summed E-state index contributed by atoms with van der Waals surface area (Å²) in [5, 5.41) is 9.83. The summed E-state index contributed by atoms with van der Waals surface area (Å²) in [6.07, 6.45) is 1.50. The fourth-order valence-corrected chi connectivity index (χ4v) is 3.97. The standard InChI is InChI=1S/C28H36N4O4/c1-20-17-32(21(2)19-33)28(35)24-14-23(12-9-13-30(3)4)16-29-27(24)36-25(20)18-31(5)26(34)15-22-10-7-6-8-11-22/h6-8,10-11,14,16,20-21,25,33H,13,15,17-19H2,1-5H3/t20-,21-,25+/m0/s1. The van der Waals surface area contributed by atoms with Crippen molar-refractivity contribution in [1.29, 1.82) is 0 Å². The number of aliphatic hydroxyl groups is 1. The van der Waals surface area contributed by atoms with Crippen molar-refractivity contribution in [1.82, 2.24) is 19.7 Å². The Kier molecular flexibility index (Phi) is 9.45. The molecule has 0 bridgehead atoms. The lowest BCUT2D eigenvalue weighted by atomic mass is 9.99. The number of fused-ring (bicyclic) bond motifs is 1. The average molecular weight is 493 g/mol. The van der Waals surface area contributed by atoms with Crippen LogP contribution in [-0.4, -0.2) is 96.1 Å². The molecule has 1 N–H and O–H groups in total. The van der Waals surface area contributed by atoms with Gasteiger partial charge < -0.3 is 19.6 Å². The summed E-state index contributed by atoms with van der Waals surface area (Å²) >= 11 is 0. The highest BCUT2D eigenvalue weighted by molar-refractivity contribution is 5.97. The van der Waals surface area contributed by atoms with Crippen LogP contribution in [0.5, 0.6) is 5.88 Å². The maximum absolute atomic E-state index is 13.5. The highest BCUT2D eigenvalue weighted by atomic mass is 16.5. The van der Waals surface area contributed by atoms with E-state index in [4.69, 9.17) is 4.74 Å². The Morgan fingerprint density at radius 2 is 2.00 bits per heavy atom. The first kappa shape index (κ1) is 27.2. The van der Waals surface area contributed by atoms with Gasteiger partial charge in [0.05, 0.1) is 32.2 Å². The van der Waals surface area contributed by atoms with Crippen molar-refractivity contribution in [3.05, 3.63) is 59.3 Å². The van der Waals surface area contributed by atoms with E-state index in [1.165, 1.54) is 0 Å². The van der Waals surface area contributed by atoms with Crippen molar-refractivity contribution in [2.24, 2.45) is 5.92 Å². The zero-order valence-corrected chi connectivity index (χ0v) is 21.8. The van der Waals surface area contributed by atoms with Crippen molar-refractivity contribution < 1.29 is 19.4 Å². The first-order valence-corrected chi connectivity index (χ1v) is 12.2. The van der Waals surface area contributed by atoms with Gasteiger partial charge >= 0.3 is 0 Å². The molecule has 8 nitrogen and oxygen atoms in total. The normalized spacial score (nSPS) is 18.3. The predicted molar refractivity (Wildman–Crippen MR) is 139 cm³/mol. The molecule has 36 heavy (non-hydrogen) atoms. The first-order chi connectivity index (χ1) is 17.2. The minimum absolute atomic E-state index is 0.0181. The first-order valence-electron chi connectivity index (χ1n) is 12.2. The van der Waals surface area contributed by atoms with Crippen molar-refractivity contribution >= 4 is 11.8 Å². The van der Waals surface area contributed by atoms with E-state index in [-0.39, 0.29) is 36.3 Å². The van der Waals surface area contributed by atoms with Gasteiger partial charge in [-0.15, -0.1) is 0 Å². The summed E-state index contributed by atoms with van der Waals surface area (Å²) in [5.41, 5.74) is 1.87. The van der Waals surface area contributed by atoms with E-state index >= 15 is 0 Å². The third kappa shape index (κ3) is 7.06. The van der Waals surface area contributed by atoms with E-state index in [9.17, 15) is 14.7 Å². The monoisotopic (exact) mass is 492 g/mol. The van der Waals surface area contributed by atoms with Crippen LogP contribution < -0.4 is 4.74 Å². The quantitative estimate of drug-likeness (QED) is 0.595. The summed E-state index contributed by atoms with van der Waals surface area (Å²) in [6.45, 7) is 4.93. The van der Waals surface area contributed by atoms with Crippen LogP contribution in [0.4, 0.5) is 0 Å². The highest BCUT2D eigenvalue weighted by Gasteiger charge is 2.34. The lowest BCUT2D eigenvalue weighted by Gasteiger charge is -2.37. The van der Waals surface area contributed by atoms with Crippen LogP contribution in [-0.2, 0) is 11.2 Å². The maximum atomic E-state index is 13.5. The summed E-state index contributed by atoms with van der Waals surface area (Å²) in [7, 11) is 5.63. The van der Waals surface area contributed by atoms with Crippen molar-refractivity contribution in [2.45, 2.75) is 32.4 Å². The van der Waals surface area contributed by atoms with Crippen LogP contribution in [0.2, 0.25) is 0 Å². The molecule has 3 atom stereocenters. The van der Waals surface area contributed by atoms with Gasteiger partial charge in [0.1, 0.15) is 11.7 Å². The summed E-state index contributed by atoms with van der Waals surface area (Å²) in [4.78, 5) is 36.1. The third-order valence-electron chi connectivity index (χ3n) is 6.23. The second-order valence-corrected chi connectivity index (χ2v) is 9.68. The predicted octanol–water partition coefficient (Wildman–Crippen LogP) is 1.92. The number of pyridine rings is 1. The molecule has 1 aromatic carbocycles. The molecule has 8 heteroatoms. The molecule has 2 amide bonds. The van der Waals surface area contributed by atoms with E-state index in [0.717, 1.165) is 5.56 Å². The number of aliphatic hydroxyl groups excluding tert-OH is 1. The van der Waals surface area contributed by atoms with Gasteiger partial charge in [0.15, 0.2) is 0 Å². The molecular weight excluding hydrogens is 456 g/mol. The SMILES string of the molecule is C[C@H]1CN([C@@H](C)CO)C(=O)c2cc(C#CCN(C)C)cnc2O[C@@H]1CN(C)C(=O)Cc1ccccc1. The van der Waals surface area contributed by atoms with E-state index in [1.54, 1.807) is 29.1 Å². The third-order valence-corrected chi connectivity index (χ3v) is 6.23. The van der Waals surface area contributed by atoms with Gasteiger partial charge in [0, 0.05) is 31.3 Å². The fourth-order valence-electron chi connectivity index (χ4n) is 3.97. The molecule has 3 rings (SSSR count). The molecule has 1 aliphatic heterocycles. The van der Waals surface area contributed by atoms with Gasteiger partial charge in [0.25, 0.3) is 5.91 Å². The van der Waals surface area contributed by atoms with Crippen LogP contribution in [0.3, 0.4) is 0 Å². The van der Waals surface area contributed by atoms with Crippen LogP contribution in [0.25, 0.3) is 0 Å². The van der Waals surface area contributed by atoms with Gasteiger partial charge in [-0.3, -0.25) is 14.5 Å². The molecule has 0 radical (unpaired) electrons. The topological polar surface area (TPSA) is 86.2 Å². The molecule has 2 aromatic rings. The maximum Gasteiger partial charge on any atom is 0.259 e. The summed E-state index contributed by atoms with van der Waals surface area (Å²) in [5.74, 6) is 5.94. The van der Waals surface area contributed by atoms with Gasteiger partial charge in [-0.2, -0.15) is 0 Å². The average Bonchev–Trinajstić information content (AvgIpc) is 2.86. The molecule has 0 unspecified atom stereocenters. The lowest BCUT2D eigenvalue weighted by molar-refractivity contribution is -0.130. The Balaban J connectivity index is 1.87. The van der Waals surface area contributed by atoms with E-state index in [0.29, 0.717) is 37.2 Å². The minimum Gasteiger partial charge on any atom is -0.472 e. The van der Waals surface area contributed by atoms with Crippen LogP contribution in [0.15, 0.2) is 42.6 Å². The van der Waals surface area contributed by atoms with Crippen molar-refractivity contribution in [3.63, 3.8) is 0 Å². The molecule has 0 fully saturated rings. The number of hydrogen-bond donors (Lipinski definition) is 1. The molecule has 0 spiro atoms. The number of rotatable bonds is 7. The molecule has 192 valence electrons. The number of carbonyl (C=O) groups excluding carboxylic acids is 2. The van der Waals surface area contributed by atoms with Gasteiger partial charge in [-0.05, 0) is 32.6 Å². The van der Waals surface area contributed by atoms with Crippen LogP contribution in [0, 0.1) is 17.8 Å². The Morgan fingerprint density at radius 1 is 1.28 bits per heavy atom. The zero-order valence-electron chi connectivity index (χ0n) is 21.8. The van der Waals surface area contributed by atoms with Gasteiger partial charge in [-0.25, -0.2) is 4.98 Å². The highest BCUT2D eigenvalue weighted by Crippen LogP contribution is 2.27. The number of aromatic nitrogens is 1. The van der Waals surface area contributed by atoms with E-state index in [2.05, 4.69) is 16.8 Å². The lowest BCUT2D eigenvalue weighted by Crippen LogP contribution is -2.50. The zero-order chi connectivity index (χ0) is 26.2. The van der Waals surface area contributed by atoms with Gasteiger partial charge in [0.2, 0.25) is 11.8 Å². The number of likely N-dealkylation sites (N-methyl/N-ethyl adjacent to an activating group) is 1. The van der Waals surface area contributed by atoms with Crippen molar-refractivity contribution in [3.8, 4) is 17.7 Å². The molecule has 2 heterocycles. The van der Waals surface area contributed by atoms with Gasteiger partial charge in [-0.1, -0.05) is 49.1 Å². The molecule has 0 saturated heterocycles. The number of amides is 2. The molecule has 0 aliphatic carbocycles. The Bertz CT molecular complexity index is 1110. The van der Waals surface area contributed by atoms with E-state index < -0.39 is 6.10 Å². The van der Waals surface area contributed by atoms with E-state index in [1.807, 2.05) is 63.2 Å². The Morgan fingerprint density at radius 3 is 2.67 bits per heavy atom. The molecule has 1 aliphatic rings. The summed E-state index contributed by atoms with van der Waals surface area (Å²) < 4.78 is 6.28. The Hall–Kier alpha value is -3.41. The molecule has 1 aromatic heterocycles. The summed E-state index contributed by atoms with van der Waals surface area (Å²) in [6, 6.07) is 10.9. The molecular formula is C28H36N4O4. The molecule has 0 saturated carbocycles. The number of ether oxygens (including phenoxy) is 1. The minimum atomic E-state index is -0.395. The van der Waals surface area contributed by atoms with Crippen molar-refractivity contribution in [2.75, 3.05) is 47.4 Å². The second kappa shape index (κ2) is 12.5. The number of benzene rings is 1.